The van der Waals surface area contributed by atoms with Gasteiger partial charge < -0.3 is 20.0 Å². The van der Waals surface area contributed by atoms with Crippen LogP contribution in [0.2, 0.25) is 0 Å². The van der Waals surface area contributed by atoms with Crippen LogP contribution >= 0.6 is 23.2 Å². The molecule has 2 amide bonds. The Hall–Kier alpha value is -4.86. The molecule has 0 spiro atoms. The number of benzene rings is 5. The zero-order valence-corrected chi connectivity index (χ0v) is 27.2. The minimum atomic E-state index is -0.633. The predicted octanol–water partition coefficient (Wildman–Crippen LogP) is 7.91. The minimum absolute atomic E-state index is 0.0526. The number of fused-ring (bicyclic) bond motifs is 6. The maximum absolute atomic E-state index is 14.2. The Morgan fingerprint density at radius 1 is 0.729 bits per heavy atom. The molecular formula is C37H31Cl2N3O6. The lowest BCUT2D eigenvalue weighted by Gasteiger charge is -2.25. The van der Waals surface area contributed by atoms with Gasteiger partial charge in [0.15, 0.2) is 0 Å². The van der Waals surface area contributed by atoms with Gasteiger partial charge in [0.1, 0.15) is 11.5 Å². The number of amides is 2. The molecule has 2 heterocycles. The topological polar surface area (TPSA) is 124 Å². The summed E-state index contributed by atoms with van der Waals surface area (Å²) in [5.41, 5.74) is 3.45. The lowest BCUT2D eigenvalue weighted by molar-refractivity contribution is -0.384. The number of anilines is 2. The molecule has 5 aromatic carbocycles. The van der Waals surface area contributed by atoms with Gasteiger partial charge in [-0.3, -0.25) is 19.7 Å². The Labute approximate surface area is 286 Å². The van der Waals surface area contributed by atoms with Crippen LogP contribution in [0.5, 0.6) is 11.5 Å². The third-order valence-corrected chi connectivity index (χ3v) is 10.4. The van der Waals surface area contributed by atoms with Gasteiger partial charge in [0.05, 0.1) is 16.3 Å². The number of phenols is 2. The summed E-state index contributed by atoms with van der Waals surface area (Å²) in [7, 11) is 0. The summed E-state index contributed by atoms with van der Waals surface area (Å²) in [5.74, 6) is -0.837. The van der Waals surface area contributed by atoms with Crippen molar-refractivity contribution in [2.75, 3.05) is 34.6 Å². The summed E-state index contributed by atoms with van der Waals surface area (Å²) in [6.45, 7) is 0.630. The summed E-state index contributed by atoms with van der Waals surface area (Å²) in [4.78, 5) is 42.5. The highest BCUT2D eigenvalue weighted by molar-refractivity contribution is 6.19. The van der Waals surface area contributed by atoms with Crippen LogP contribution in [0.25, 0.3) is 21.5 Å². The van der Waals surface area contributed by atoms with Crippen LogP contribution < -0.4 is 9.80 Å². The first-order valence-corrected chi connectivity index (χ1v) is 16.7. The zero-order valence-electron chi connectivity index (χ0n) is 25.7. The van der Waals surface area contributed by atoms with Crippen molar-refractivity contribution in [1.29, 1.82) is 0 Å². The van der Waals surface area contributed by atoms with Crippen LogP contribution in [-0.4, -0.2) is 51.8 Å². The average molecular weight is 685 g/mol. The second-order valence-electron chi connectivity index (χ2n) is 12.4. The van der Waals surface area contributed by atoms with E-state index in [4.69, 9.17) is 23.2 Å². The van der Waals surface area contributed by atoms with Crippen molar-refractivity contribution in [2.45, 2.75) is 30.6 Å². The summed E-state index contributed by atoms with van der Waals surface area (Å²) >= 11 is 12.8. The number of alkyl halides is 2. The van der Waals surface area contributed by atoms with E-state index in [9.17, 15) is 29.9 Å². The molecule has 9 nitrogen and oxygen atoms in total. The standard InChI is InChI=1S/C37H31Cl2N3O6/c38-17-23-19-40(30-15-32(43)26-5-1-3-7-28(26)36(23)30)34(45)13-22(21-9-11-25(12-10-21)42(47)48)14-35(46)41-20-24(18-39)37-29-8-4-2-6-27(29)33(44)16-31(37)41/h1-12,15-16,22-24,43-44H,13-14,17-20H2/t23-,24-/m1/s1. The largest absolute Gasteiger partial charge is 0.507 e. The lowest BCUT2D eigenvalue weighted by Crippen LogP contribution is -2.34. The van der Waals surface area contributed by atoms with Crippen molar-refractivity contribution in [3.05, 3.63) is 112 Å². The van der Waals surface area contributed by atoms with Crippen LogP contribution in [0.1, 0.15) is 47.3 Å². The number of carbonyl (C=O) groups excluding carboxylic acids is 2. The van der Waals surface area contributed by atoms with E-state index in [1.165, 1.54) is 12.1 Å². The van der Waals surface area contributed by atoms with Gasteiger partial charge in [-0.2, -0.15) is 0 Å². The van der Waals surface area contributed by atoms with Crippen LogP contribution in [-0.2, 0) is 9.59 Å². The fraction of sp³-hybridized carbons (Fsp3) is 0.243. The normalized spacial score (nSPS) is 16.9. The van der Waals surface area contributed by atoms with E-state index < -0.39 is 10.8 Å². The molecule has 2 aliphatic rings. The number of rotatable bonds is 8. The predicted molar refractivity (Wildman–Crippen MR) is 188 cm³/mol. The molecule has 0 saturated heterocycles. The molecule has 244 valence electrons. The highest BCUT2D eigenvalue weighted by Gasteiger charge is 2.38. The summed E-state index contributed by atoms with van der Waals surface area (Å²) in [6.07, 6.45) is -0.150. The number of carbonyl (C=O) groups is 2. The van der Waals surface area contributed by atoms with E-state index in [-0.39, 0.29) is 65.4 Å². The molecule has 2 N–H and O–H groups in total. The Bertz CT molecular complexity index is 1980. The third-order valence-electron chi connectivity index (χ3n) is 9.68. The van der Waals surface area contributed by atoms with E-state index in [0.29, 0.717) is 40.8 Å². The van der Waals surface area contributed by atoms with Crippen molar-refractivity contribution in [2.24, 2.45) is 0 Å². The minimum Gasteiger partial charge on any atom is -0.507 e. The summed E-state index contributed by atoms with van der Waals surface area (Å²) in [6, 6.07) is 24.0. The van der Waals surface area contributed by atoms with Crippen molar-refractivity contribution in [3.8, 4) is 11.5 Å². The molecule has 2 atom stereocenters. The van der Waals surface area contributed by atoms with Crippen molar-refractivity contribution >= 4 is 73.6 Å². The molecule has 0 bridgehead atoms. The zero-order chi connectivity index (χ0) is 33.7. The van der Waals surface area contributed by atoms with Crippen LogP contribution in [0.4, 0.5) is 17.1 Å². The number of hydrogen-bond acceptors (Lipinski definition) is 6. The first-order valence-electron chi connectivity index (χ1n) is 15.7. The number of nitro groups is 1. The molecule has 48 heavy (non-hydrogen) atoms. The van der Waals surface area contributed by atoms with E-state index in [1.54, 1.807) is 34.1 Å². The fourth-order valence-corrected chi connectivity index (χ4v) is 7.90. The Balaban J connectivity index is 1.23. The average Bonchev–Trinajstić information content (AvgIpc) is 3.67. The summed E-state index contributed by atoms with van der Waals surface area (Å²) in [5, 5.41) is 36.1. The molecule has 0 radical (unpaired) electrons. The molecule has 0 fully saturated rings. The molecule has 2 aliphatic heterocycles. The Kier molecular flexibility index (Phi) is 8.35. The number of hydrogen-bond donors (Lipinski definition) is 2. The molecule has 0 aromatic heterocycles. The van der Waals surface area contributed by atoms with Gasteiger partial charge in [0.2, 0.25) is 11.8 Å². The van der Waals surface area contributed by atoms with Crippen molar-refractivity contribution in [3.63, 3.8) is 0 Å². The monoisotopic (exact) mass is 683 g/mol. The first kappa shape index (κ1) is 31.7. The van der Waals surface area contributed by atoms with Gasteiger partial charge in [-0.05, 0) is 27.5 Å². The number of halogens is 2. The number of aromatic hydroxyl groups is 2. The maximum atomic E-state index is 14.2. The second kappa shape index (κ2) is 12.6. The highest BCUT2D eigenvalue weighted by Crippen LogP contribution is 2.47. The number of phenolic OH excluding ortho intramolecular Hbond substituents is 2. The quantitative estimate of drug-likeness (QED) is 0.0973. The van der Waals surface area contributed by atoms with Crippen LogP contribution in [0, 0.1) is 10.1 Å². The molecule has 0 unspecified atom stereocenters. The van der Waals surface area contributed by atoms with Crippen LogP contribution in [0.3, 0.4) is 0 Å². The first-order chi connectivity index (χ1) is 23.2. The molecule has 7 rings (SSSR count). The van der Waals surface area contributed by atoms with Crippen molar-refractivity contribution in [1.82, 2.24) is 0 Å². The van der Waals surface area contributed by atoms with E-state index in [0.717, 1.165) is 21.9 Å². The van der Waals surface area contributed by atoms with Gasteiger partial charge >= 0.3 is 0 Å². The SMILES string of the molecule is O=C(CC(CC(=O)N1C[C@@H](CCl)c2c1cc(O)c1ccccc21)c1ccc([N+](=O)[O-])cc1)N1C[C@@H](CCl)c2c1cc(O)c1ccccc21. The molecule has 11 heteroatoms. The molecular weight excluding hydrogens is 653 g/mol. The van der Waals surface area contributed by atoms with Crippen molar-refractivity contribution < 1.29 is 24.7 Å². The van der Waals surface area contributed by atoms with Gasteiger partial charge in [0, 0.05) is 90.5 Å². The number of nitrogens with zero attached hydrogens (tertiary/aromatic N) is 3. The van der Waals surface area contributed by atoms with E-state index in [2.05, 4.69) is 0 Å². The Morgan fingerprint density at radius 3 is 1.54 bits per heavy atom. The number of non-ortho nitro benzene ring substituents is 1. The summed E-state index contributed by atoms with van der Waals surface area (Å²) < 4.78 is 0. The van der Waals surface area contributed by atoms with E-state index in [1.807, 2.05) is 48.5 Å². The Morgan fingerprint density at radius 2 is 1.15 bits per heavy atom. The third kappa shape index (κ3) is 5.37. The van der Waals surface area contributed by atoms with Gasteiger partial charge in [-0.15, -0.1) is 23.2 Å². The molecule has 0 saturated carbocycles. The van der Waals surface area contributed by atoms with Crippen LogP contribution in [0.15, 0.2) is 84.9 Å². The van der Waals surface area contributed by atoms with Gasteiger partial charge in [-0.1, -0.05) is 60.7 Å². The van der Waals surface area contributed by atoms with Gasteiger partial charge in [-0.25, -0.2) is 0 Å². The second-order valence-corrected chi connectivity index (χ2v) is 13.0. The highest BCUT2D eigenvalue weighted by atomic mass is 35.5. The fourth-order valence-electron chi connectivity index (χ4n) is 7.40. The lowest BCUT2D eigenvalue weighted by atomic mass is 9.91. The van der Waals surface area contributed by atoms with Gasteiger partial charge in [0.25, 0.3) is 5.69 Å². The molecule has 5 aromatic rings. The number of nitro benzene ring substituents is 1. The molecule has 0 aliphatic carbocycles. The van der Waals surface area contributed by atoms with E-state index >= 15 is 0 Å². The maximum Gasteiger partial charge on any atom is 0.269 e. The smallest absolute Gasteiger partial charge is 0.269 e.